The van der Waals surface area contributed by atoms with E-state index < -0.39 is 21.3 Å². The van der Waals surface area contributed by atoms with Crippen LogP contribution in [0.3, 0.4) is 0 Å². The summed E-state index contributed by atoms with van der Waals surface area (Å²) in [5, 5.41) is 0.368. The van der Waals surface area contributed by atoms with Gasteiger partial charge < -0.3 is 4.98 Å². The van der Waals surface area contributed by atoms with E-state index in [4.69, 9.17) is 11.6 Å². The van der Waals surface area contributed by atoms with Crippen molar-refractivity contribution < 1.29 is 8.42 Å². The maximum Gasteiger partial charge on any atom is 0.333 e. The molecule has 0 bridgehead atoms. The fourth-order valence-corrected chi connectivity index (χ4v) is 5.34. The van der Waals surface area contributed by atoms with Crippen LogP contribution in [-0.4, -0.2) is 24.5 Å². The molecule has 0 radical (unpaired) electrons. The van der Waals surface area contributed by atoms with E-state index in [1.807, 2.05) is 13.0 Å². The molecule has 9 heteroatoms. The van der Waals surface area contributed by atoms with Crippen molar-refractivity contribution in [3.05, 3.63) is 98.7 Å². The maximum atomic E-state index is 13.6. The lowest BCUT2D eigenvalue weighted by Gasteiger charge is -2.25. The summed E-state index contributed by atoms with van der Waals surface area (Å²) >= 11 is 6.34. The summed E-state index contributed by atoms with van der Waals surface area (Å²) in [5.74, 6) is 0. The highest BCUT2D eigenvalue weighted by Crippen LogP contribution is 2.28. The first-order valence-corrected chi connectivity index (χ1v) is 12.3. The van der Waals surface area contributed by atoms with E-state index >= 15 is 0 Å². The van der Waals surface area contributed by atoms with Gasteiger partial charge in [-0.3, -0.25) is 9.10 Å². The summed E-state index contributed by atoms with van der Waals surface area (Å²) in [4.78, 5) is 28.4. The number of rotatable bonds is 7. The molecule has 0 aliphatic rings. The first-order chi connectivity index (χ1) is 15.8. The quantitative estimate of drug-likeness (QED) is 0.423. The molecule has 0 spiro atoms. The maximum absolute atomic E-state index is 13.6. The zero-order chi connectivity index (χ0) is 23.6. The fourth-order valence-electron chi connectivity index (χ4n) is 3.62. The van der Waals surface area contributed by atoms with Gasteiger partial charge in [-0.15, -0.1) is 0 Å². The average molecular weight is 484 g/mol. The van der Waals surface area contributed by atoms with Crippen LogP contribution >= 0.6 is 11.6 Å². The van der Waals surface area contributed by atoms with Crippen molar-refractivity contribution in [3.8, 4) is 5.69 Å². The number of halogens is 1. The Bertz CT molecular complexity index is 1530. The number of fused-ring (bicyclic) bond motifs is 1. The molecule has 3 aromatic carbocycles. The summed E-state index contributed by atoms with van der Waals surface area (Å²) in [6.45, 7) is 2.27. The van der Waals surface area contributed by atoms with Crippen molar-refractivity contribution in [1.82, 2.24) is 9.55 Å². The van der Waals surface area contributed by atoms with Crippen LogP contribution in [0.4, 0.5) is 5.69 Å². The molecule has 0 saturated heterocycles. The highest BCUT2D eigenvalue weighted by atomic mass is 35.5. The number of anilines is 1. The molecule has 170 valence electrons. The number of aromatic nitrogens is 2. The first kappa shape index (κ1) is 22.8. The molecule has 4 rings (SSSR count). The second-order valence-electron chi connectivity index (χ2n) is 7.50. The lowest BCUT2D eigenvalue weighted by Crippen LogP contribution is -2.35. The monoisotopic (exact) mass is 483 g/mol. The average Bonchev–Trinajstić information content (AvgIpc) is 2.81. The number of para-hydroxylation sites is 2. The lowest BCUT2D eigenvalue weighted by molar-refractivity contribution is 0.588. The van der Waals surface area contributed by atoms with Crippen molar-refractivity contribution in [2.75, 3.05) is 10.8 Å². The third kappa shape index (κ3) is 4.31. The van der Waals surface area contributed by atoms with E-state index in [2.05, 4.69) is 4.98 Å². The van der Waals surface area contributed by atoms with Crippen LogP contribution in [0, 0.1) is 0 Å². The molecular weight excluding hydrogens is 462 g/mol. The van der Waals surface area contributed by atoms with E-state index in [-0.39, 0.29) is 27.5 Å². The van der Waals surface area contributed by atoms with Crippen molar-refractivity contribution in [3.63, 3.8) is 0 Å². The molecule has 0 aliphatic heterocycles. The van der Waals surface area contributed by atoms with Gasteiger partial charge in [0.1, 0.15) is 0 Å². The van der Waals surface area contributed by atoms with Gasteiger partial charge in [-0.05, 0) is 48.9 Å². The number of H-pyrrole nitrogens is 1. The Labute approximate surface area is 195 Å². The zero-order valence-corrected chi connectivity index (χ0v) is 19.4. The van der Waals surface area contributed by atoms with Crippen LogP contribution in [0.5, 0.6) is 0 Å². The smallest absolute Gasteiger partial charge is 0.306 e. The molecule has 33 heavy (non-hydrogen) atoms. The fraction of sp³-hybridized carbons (Fsp3) is 0.167. The molecule has 0 aliphatic carbocycles. The molecule has 1 N–H and O–H groups in total. The van der Waals surface area contributed by atoms with Crippen molar-refractivity contribution in [2.24, 2.45) is 0 Å². The van der Waals surface area contributed by atoms with Crippen LogP contribution in [0.25, 0.3) is 16.6 Å². The summed E-state index contributed by atoms with van der Waals surface area (Å²) in [5.41, 5.74) is -0.377. The Kier molecular flexibility index (Phi) is 6.40. The summed E-state index contributed by atoms with van der Waals surface area (Å²) in [6.07, 6.45) is 1.48. The summed E-state index contributed by atoms with van der Waals surface area (Å²) in [7, 11) is -3.99. The van der Waals surface area contributed by atoms with Crippen LogP contribution in [0.2, 0.25) is 5.02 Å². The van der Waals surface area contributed by atoms with E-state index in [0.29, 0.717) is 17.6 Å². The van der Waals surface area contributed by atoms with Gasteiger partial charge in [0, 0.05) is 6.54 Å². The largest absolute Gasteiger partial charge is 0.333 e. The van der Waals surface area contributed by atoms with Gasteiger partial charge in [0.15, 0.2) is 0 Å². The number of sulfonamides is 1. The molecule has 0 saturated carbocycles. The van der Waals surface area contributed by atoms with Crippen molar-refractivity contribution in [1.29, 1.82) is 0 Å². The van der Waals surface area contributed by atoms with Gasteiger partial charge in [-0.2, -0.15) is 0 Å². The minimum absolute atomic E-state index is 0.00162. The van der Waals surface area contributed by atoms with Gasteiger partial charge in [0.2, 0.25) is 0 Å². The van der Waals surface area contributed by atoms with Crippen LogP contribution in [0.1, 0.15) is 19.8 Å². The molecule has 0 atom stereocenters. The van der Waals surface area contributed by atoms with Crippen LogP contribution in [-0.2, 0) is 10.0 Å². The lowest BCUT2D eigenvalue weighted by atomic mass is 10.2. The number of unbranched alkanes of at least 4 members (excludes halogenated alkanes) is 1. The standard InChI is InChI=1S/C24H22ClN3O4S/c1-2-3-15-27(17-9-5-4-6-10-17)33(31,32)18-13-14-20(25)22(16-18)28-23(29)19-11-7-8-12-21(19)26-24(28)30/h4-14,16H,2-3,15H2,1H3,(H,26,30). The van der Waals surface area contributed by atoms with Gasteiger partial charge in [0.05, 0.1) is 32.2 Å². The minimum Gasteiger partial charge on any atom is -0.306 e. The molecule has 1 aromatic heterocycles. The van der Waals surface area contributed by atoms with Crippen LogP contribution < -0.4 is 15.6 Å². The normalized spacial score (nSPS) is 11.6. The molecule has 0 amide bonds. The highest BCUT2D eigenvalue weighted by molar-refractivity contribution is 7.92. The topological polar surface area (TPSA) is 92.2 Å². The molecular formula is C24H22ClN3O4S. The Morgan fingerprint density at radius 1 is 0.970 bits per heavy atom. The molecule has 0 fully saturated rings. The van der Waals surface area contributed by atoms with E-state index in [1.54, 1.807) is 48.5 Å². The van der Waals surface area contributed by atoms with E-state index in [9.17, 15) is 18.0 Å². The van der Waals surface area contributed by atoms with Crippen molar-refractivity contribution in [2.45, 2.75) is 24.7 Å². The Morgan fingerprint density at radius 3 is 2.39 bits per heavy atom. The van der Waals surface area contributed by atoms with E-state index in [1.165, 1.54) is 22.5 Å². The molecule has 4 aromatic rings. The zero-order valence-electron chi connectivity index (χ0n) is 17.9. The Balaban J connectivity index is 1.89. The predicted octanol–water partition coefficient (Wildman–Crippen LogP) is 4.33. The van der Waals surface area contributed by atoms with E-state index in [0.717, 1.165) is 11.0 Å². The number of nitrogens with one attached hydrogen (secondary N) is 1. The van der Waals surface area contributed by atoms with Crippen molar-refractivity contribution >= 4 is 38.2 Å². The minimum atomic E-state index is -3.99. The third-order valence-electron chi connectivity index (χ3n) is 5.31. The van der Waals surface area contributed by atoms with Crippen LogP contribution in [0.15, 0.2) is 87.3 Å². The van der Waals surface area contributed by atoms with Gasteiger partial charge in [-0.25, -0.2) is 17.8 Å². The number of benzene rings is 3. The summed E-state index contributed by atoms with van der Waals surface area (Å²) in [6, 6.07) is 19.4. The predicted molar refractivity (Wildman–Crippen MR) is 131 cm³/mol. The highest BCUT2D eigenvalue weighted by Gasteiger charge is 2.26. The number of hydrogen-bond donors (Lipinski definition) is 1. The number of aromatic amines is 1. The first-order valence-electron chi connectivity index (χ1n) is 10.5. The summed E-state index contributed by atoms with van der Waals surface area (Å²) < 4.78 is 29.4. The van der Waals surface area contributed by atoms with Gasteiger partial charge in [-0.1, -0.05) is 55.3 Å². The van der Waals surface area contributed by atoms with Gasteiger partial charge >= 0.3 is 5.69 Å². The van der Waals surface area contributed by atoms with Gasteiger partial charge in [0.25, 0.3) is 15.6 Å². The molecule has 1 heterocycles. The molecule has 7 nitrogen and oxygen atoms in total. The number of nitrogens with zero attached hydrogens (tertiary/aromatic N) is 2. The second-order valence-corrected chi connectivity index (χ2v) is 9.77. The molecule has 0 unspecified atom stereocenters. The second kappa shape index (κ2) is 9.25. The Hall–Kier alpha value is -3.36. The SMILES string of the molecule is CCCCN(c1ccccc1)S(=O)(=O)c1ccc(Cl)c(-n2c(=O)[nH]c3ccccc3c2=O)c1. The number of hydrogen-bond acceptors (Lipinski definition) is 4. The third-order valence-corrected chi connectivity index (χ3v) is 7.45. The Morgan fingerprint density at radius 2 is 1.67 bits per heavy atom.